The maximum absolute atomic E-state index is 13.7. The monoisotopic (exact) mass is 440 g/mol. The van der Waals surface area contributed by atoms with Crippen molar-refractivity contribution in [3.63, 3.8) is 0 Å². The van der Waals surface area contributed by atoms with E-state index in [1.54, 1.807) is 6.92 Å². The summed E-state index contributed by atoms with van der Waals surface area (Å²) in [6, 6.07) is 6.16. The summed E-state index contributed by atoms with van der Waals surface area (Å²) in [5.74, 6) is -1.08. The molecular formula is C26H36N2O4. The van der Waals surface area contributed by atoms with Gasteiger partial charge < -0.3 is 19.7 Å². The molecule has 1 aliphatic heterocycles. The summed E-state index contributed by atoms with van der Waals surface area (Å²) in [5.41, 5.74) is 4.71. The fourth-order valence-corrected chi connectivity index (χ4v) is 4.62. The molecule has 3 rings (SSSR count). The summed E-state index contributed by atoms with van der Waals surface area (Å²) in [5, 5.41) is 13.5. The van der Waals surface area contributed by atoms with Crippen molar-refractivity contribution < 1.29 is 14.6 Å². The van der Waals surface area contributed by atoms with E-state index in [9.17, 15) is 14.7 Å². The number of aliphatic carboxylic acids is 1. The molecule has 1 saturated heterocycles. The van der Waals surface area contributed by atoms with Gasteiger partial charge in [-0.1, -0.05) is 18.2 Å². The van der Waals surface area contributed by atoms with Gasteiger partial charge in [0.2, 0.25) is 0 Å². The van der Waals surface area contributed by atoms with Crippen LogP contribution in [0.5, 0.6) is 0 Å². The molecule has 2 N–H and O–H groups in total. The second-order valence-corrected chi connectivity index (χ2v) is 9.90. The Hall–Kier alpha value is -2.44. The Labute approximate surface area is 190 Å². The summed E-state index contributed by atoms with van der Waals surface area (Å²) in [6.07, 6.45) is 0.513. The third-order valence-electron chi connectivity index (χ3n) is 6.35. The topological polar surface area (TPSA) is 80.6 Å². The van der Waals surface area contributed by atoms with Crippen LogP contribution in [0.1, 0.15) is 73.8 Å². The number of nitrogens with zero attached hydrogens (tertiary/aromatic N) is 1. The predicted octanol–water partition coefficient (Wildman–Crippen LogP) is 4.61. The summed E-state index contributed by atoms with van der Waals surface area (Å²) < 4.78 is 8.10. The molecule has 1 atom stereocenters. The first-order chi connectivity index (χ1) is 14.9. The van der Waals surface area contributed by atoms with Crippen LogP contribution in [0.15, 0.2) is 23.0 Å². The van der Waals surface area contributed by atoms with Crippen molar-refractivity contribution in [3.8, 4) is 11.1 Å². The van der Waals surface area contributed by atoms with E-state index in [2.05, 4.69) is 16.8 Å². The SMILES string of the molecule is Cc1ccc(-c2c(C)n(C3CCNCC3)c(C(OC(C)(C)C)C(=O)O)c(C)c2=O)cc1C. The lowest BCUT2D eigenvalue weighted by Crippen LogP contribution is -2.37. The van der Waals surface area contributed by atoms with Crippen LogP contribution >= 0.6 is 0 Å². The molecule has 1 aliphatic rings. The van der Waals surface area contributed by atoms with Gasteiger partial charge in [0.15, 0.2) is 11.5 Å². The van der Waals surface area contributed by atoms with E-state index < -0.39 is 17.7 Å². The van der Waals surface area contributed by atoms with Gasteiger partial charge in [0.05, 0.1) is 11.3 Å². The molecule has 6 heteroatoms. The number of piperidine rings is 1. The van der Waals surface area contributed by atoms with Crippen molar-refractivity contribution in [2.24, 2.45) is 0 Å². The number of pyridine rings is 1. The third kappa shape index (κ3) is 4.81. The number of rotatable bonds is 5. The fourth-order valence-electron chi connectivity index (χ4n) is 4.62. The van der Waals surface area contributed by atoms with Crippen LogP contribution < -0.4 is 10.7 Å². The van der Waals surface area contributed by atoms with Crippen molar-refractivity contribution in [2.45, 2.75) is 79.1 Å². The van der Waals surface area contributed by atoms with Crippen molar-refractivity contribution in [1.82, 2.24) is 9.88 Å². The predicted molar refractivity (Wildman–Crippen MR) is 127 cm³/mol. The molecule has 0 bridgehead atoms. The summed E-state index contributed by atoms with van der Waals surface area (Å²) in [6.45, 7) is 15.0. The molecule has 0 aliphatic carbocycles. The number of hydrogen-bond donors (Lipinski definition) is 2. The molecule has 2 aromatic rings. The van der Waals surface area contributed by atoms with Crippen LogP contribution in [-0.2, 0) is 9.53 Å². The number of nitrogens with one attached hydrogen (secondary N) is 1. The zero-order chi connectivity index (χ0) is 23.8. The van der Waals surface area contributed by atoms with Crippen molar-refractivity contribution in [2.75, 3.05) is 13.1 Å². The highest BCUT2D eigenvalue weighted by Gasteiger charge is 2.35. The number of aromatic nitrogens is 1. The molecule has 1 aromatic carbocycles. The highest BCUT2D eigenvalue weighted by Crippen LogP contribution is 2.35. The van der Waals surface area contributed by atoms with Crippen LogP contribution in [0.2, 0.25) is 0 Å². The largest absolute Gasteiger partial charge is 0.479 e. The Kier molecular flexibility index (Phi) is 6.96. The van der Waals surface area contributed by atoms with E-state index in [1.807, 2.05) is 52.8 Å². The van der Waals surface area contributed by atoms with E-state index >= 15 is 0 Å². The Morgan fingerprint density at radius 3 is 2.28 bits per heavy atom. The number of benzene rings is 1. The molecule has 0 saturated carbocycles. The summed E-state index contributed by atoms with van der Waals surface area (Å²) in [4.78, 5) is 26.0. The second-order valence-electron chi connectivity index (χ2n) is 9.90. The smallest absolute Gasteiger partial charge is 0.339 e. The first-order valence-electron chi connectivity index (χ1n) is 11.4. The quantitative estimate of drug-likeness (QED) is 0.709. The van der Waals surface area contributed by atoms with Gasteiger partial charge in [0.1, 0.15) is 0 Å². The number of hydrogen-bond acceptors (Lipinski definition) is 4. The molecule has 6 nitrogen and oxygen atoms in total. The van der Waals surface area contributed by atoms with Crippen LogP contribution in [0.3, 0.4) is 0 Å². The third-order valence-corrected chi connectivity index (χ3v) is 6.35. The van der Waals surface area contributed by atoms with Gasteiger partial charge in [-0.2, -0.15) is 0 Å². The highest BCUT2D eigenvalue weighted by molar-refractivity contribution is 5.76. The molecule has 0 radical (unpaired) electrons. The molecule has 1 aromatic heterocycles. The molecule has 0 amide bonds. The lowest BCUT2D eigenvalue weighted by Gasteiger charge is -2.35. The Bertz CT molecular complexity index is 1070. The zero-order valence-electron chi connectivity index (χ0n) is 20.3. The number of carboxylic acids is 1. The number of carboxylic acid groups (broad SMARTS) is 1. The molecule has 2 heterocycles. The van der Waals surface area contributed by atoms with Crippen LogP contribution in [0, 0.1) is 27.7 Å². The Balaban J connectivity index is 2.35. The van der Waals surface area contributed by atoms with Crippen LogP contribution in [0.4, 0.5) is 0 Å². The molecule has 1 unspecified atom stereocenters. The Morgan fingerprint density at radius 2 is 1.75 bits per heavy atom. The summed E-state index contributed by atoms with van der Waals surface area (Å²) in [7, 11) is 0. The molecule has 174 valence electrons. The van der Waals surface area contributed by atoms with Crippen LogP contribution in [-0.4, -0.2) is 34.3 Å². The van der Waals surface area contributed by atoms with Crippen molar-refractivity contribution in [1.29, 1.82) is 0 Å². The van der Waals surface area contributed by atoms with Crippen LogP contribution in [0.25, 0.3) is 11.1 Å². The van der Waals surface area contributed by atoms with E-state index in [1.165, 1.54) is 5.56 Å². The molecular weight excluding hydrogens is 404 g/mol. The average molecular weight is 441 g/mol. The fraction of sp³-hybridized carbons (Fsp3) is 0.538. The molecule has 1 fully saturated rings. The van der Waals surface area contributed by atoms with Gasteiger partial charge in [0, 0.05) is 22.9 Å². The number of ether oxygens (including phenoxy) is 1. The molecule has 0 spiro atoms. The minimum Gasteiger partial charge on any atom is -0.479 e. The standard InChI is InChI=1S/C26H36N2O4/c1-15-8-9-19(14-16(15)2)21-18(4)28(20-10-12-27-13-11-20)22(17(3)23(21)29)24(25(30)31)32-26(5,6)7/h8-9,14,20,24,27H,10-13H2,1-7H3,(H,30,31). The number of aryl methyl sites for hydroxylation is 2. The van der Waals surface area contributed by atoms with E-state index in [4.69, 9.17) is 4.74 Å². The maximum Gasteiger partial charge on any atom is 0.339 e. The van der Waals surface area contributed by atoms with E-state index in [-0.39, 0.29) is 11.5 Å². The first kappa shape index (κ1) is 24.2. The van der Waals surface area contributed by atoms with Gasteiger partial charge >= 0.3 is 5.97 Å². The lowest BCUT2D eigenvalue weighted by molar-refractivity contribution is -0.161. The summed E-state index contributed by atoms with van der Waals surface area (Å²) >= 11 is 0. The van der Waals surface area contributed by atoms with Gasteiger partial charge in [-0.25, -0.2) is 4.79 Å². The normalized spacial score (nSPS) is 16.2. The minimum atomic E-state index is -1.22. The number of carbonyl (C=O) groups is 1. The van der Waals surface area contributed by atoms with Gasteiger partial charge in [0.25, 0.3) is 0 Å². The van der Waals surface area contributed by atoms with E-state index in [0.29, 0.717) is 16.8 Å². The maximum atomic E-state index is 13.7. The van der Waals surface area contributed by atoms with Gasteiger partial charge in [-0.05, 0) is 91.1 Å². The lowest BCUT2D eigenvalue weighted by atomic mass is 9.93. The Morgan fingerprint density at radius 1 is 1.12 bits per heavy atom. The zero-order valence-corrected chi connectivity index (χ0v) is 20.3. The highest BCUT2D eigenvalue weighted by atomic mass is 16.5. The minimum absolute atomic E-state index is 0.0984. The van der Waals surface area contributed by atoms with Crippen molar-refractivity contribution >= 4 is 5.97 Å². The van der Waals surface area contributed by atoms with Gasteiger partial charge in [-0.15, -0.1) is 0 Å². The first-order valence-corrected chi connectivity index (χ1v) is 11.4. The second kappa shape index (κ2) is 9.20. The van der Waals surface area contributed by atoms with Crippen molar-refractivity contribution in [3.05, 3.63) is 56.5 Å². The average Bonchev–Trinajstić information content (AvgIpc) is 2.71. The van der Waals surface area contributed by atoms with Gasteiger partial charge in [-0.3, -0.25) is 4.79 Å². The van der Waals surface area contributed by atoms with E-state index in [0.717, 1.165) is 42.8 Å². The molecule has 32 heavy (non-hydrogen) atoms.